The molecule has 0 aliphatic carbocycles. The van der Waals surface area contributed by atoms with Crippen LogP contribution in [0.25, 0.3) is 0 Å². The maximum Gasteiger partial charge on any atom is 0.108 e. The van der Waals surface area contributed by atoms with Crippen LogP contribution in [0.3, 0.4) is 0 Å². The highest BCUT2D eigenvalue weighted by molar-refractivity contribution is 4.92. The van der Waals surface area contributed by atoms with E-state index in [0.29, 0.717) is 0 Å². The molecule has 0 amide bonds. The number of hydrogen-bond acceptors (Lipinski definition) is 4. The SMILES string of the molecule is COC(C)CC(CCc1nccn1C)NN. The minimum Gasteiger partial charge on any atom is -0.382 e. The van der Waals surface area contributed by atoms with E-state index in [1.165, 1.54) is 0 Å². The van der Waals surface area contributed by atoms with Gasteiger partial charge in [0.1, 0.15) is 5.82 Å². The summed E-state index contributed by atoms with van der Waals surface area (Å²) in [7, 11) is 3.72. The molecule has 0 bridgehead atoms. The Labute approximate surface area is 97.0 Å². The van der Waals surface area contributed by atoms with E-state index in [9.17, 15) is 0 Å². The Morgan fingerprint density at radius 3 is 2.88 bits per heavy atom. The van der Waals surface area contributed by atoms with E-state index in [4.69, 9.17) is 10.6 Å². The van der Waals surface area contributed by atoms with Gasteiger partial charge in [0.25, 0.3) is 0 Å². The van der Waals surface area contributed by atoms with Crippen LogP contribution in [0, 0.1) is 0 Å². The molecule has 0 spiro atoms. The molecule has 16 heavy (non-hydrogen) atoms. The molecule has 1 aromatic rings. The predicted molar refractivity (Wildman–Crippen MR) is 63.7 cm³/mol. The van der Waals surface area contributed by atoms with E-state index < -0.39 is 0 Å². The van der Waals surface area contributed by atoms with Crippen molar-refractivity contribution in [1.29, 1.82) is 0 Å². The van der Waals surface area contributed by atoms with Gasteiger partial charge in [-0.2, -0.15) is 0 Å². The van der Waals surface area contributed by atoms with Crippen molar-refractivity contribution in [2.24, 2.45) is 12.9 Å². The van der Waals surface area contributed by atoms with Gasteiger partial charge < -0.3 is 9.30 Å². The summed E-state index contributed by atoms with van der Waals surface area (Å²) in [6.07, 6.45) is 6.81. The fourth-order valence-electron chi connectivity index (χ4n) is 1.71. The van der Waals surface area contributed by atoms with Crippen LogP contribution in [0.15, 0.2) is 12.4 Å². The molecule has 92 valence electrons. The smallest absolute Gasteiger partial charge is 0.108 e. The molecule has 5 heteroatoms. The van der Waals surface area contributed by atoms with Crippen LogP contribution in [-0.2, 0) is 18.2 Å². The number of nitrogens with one attached hydrogen (secondary N) is 1. The molecule has 2 atom stereocenters. The molecule has 1 heterocycles. The number of aromatic nitrogens is 2. The zero-order valence-corrected chi connectivity index (χ0v) is 10.3. The summed E-state index contributed by atoms with van der Waals surface area (Å²) in [5.41, 5.74) is 2.83. The van der Waals surface area contributed by atoms with Gasteiger partial charge in [-0.25, -0.2) is 4.98 Å². The first-order valence-electron chi connectivity index (χ1n) is 5.62. The number of methoxy groups -OCH3 is 1. The number of rotatable bonds is 7. The van der Waals surface area contributed by atoms with Gasteiger partial charge in [0, 0.05) is 39.0 Å². The van der Waals surface area contributed by atoms with Crippen LogP contribution in [0.1, 0.15) is 25.6 Å². The monoisotopic (exact) mass is 226 g/mol. The Kier molecular flexibility index (Phi) is 5.45. The number of hydrazine groups is 1. The second-order valence-corrected chi connectivity index (χ2v) is 4.14. The molecular weight excluding hydrogens is 204 g/mol. The second kappa shape index (κ2) is 6.62. The summed E-state index contributed by atoms with van der Waals surface area (Å²) in [6.45, 7) is 2.05. The minimum atomic E-state index is 0.224. The minimum absolute atomic E-state index is 0.224. The van der Waals surface area contributed by atoms with Crippen molar-refractivity contribution in [3.63, 3.8) is 0 Å². The Hall–Kier alpha value is -0.910. The van der Waals surface area contributed by atoms with E-state index in [0.717, 1.165) is 25.1 Å². The molecule has 1 rings (SSSR count). The largest absolute Gasteiger partial charge is 0.382 e. The van der Waals surface area contributed by atoms with E-state index in [1.807, 2.05) is 30.9 Å². The first kappa shape index (κ1) is 13.2. The molecule has 0 aromatic carbocycles. The Bertz CT molecular complexity index is 300. The average molecular weight is 226 g/mol. The van der Waals surface area contributed by atoms with Crippen molar-refractivity contribution in [2.75, 3.05) is 7.11 Å². The summed E-state index contributed by atoms with van der Waals surface area (Å²) < 4.78 is 7.26. The molecule has 0 fully saturated rings. The molecule has 0 radical (unpaired) electrons. The van der Waals surface area contributed by atoms with E-state index in [1.54, 1.807) is 7.11 Å². The maximum atomic E-state index is 5.52. The Morgan fingerprint density at radius 2 is 2.38 bits per heavy atom. The van der Waals surface area contributed by atoms with Crippen LogP contribution < -0.4 is 11.3 Å². The highest BCUT2D eigenvalue weighted by Gasteiger charge is 2.12. The van der Waals surface area contributed by atoms with E-state index in [2.05, 4.69) is 10.4 Å². The van der Waals surface area contributed by atoms with Gasteiger partial charge in [0.2, 0.25) is 0 Å². The van der Waals surface area contributed by atoms with Crippen molar-refractivity contribution in [3.05, 3.63) is 18.2 Å². The van der Waals surface area contributed by atoms with Crippen molar-refractivity contribution < 1.29 is 4.74 Å². The molecule has 0 saturated heterocycles. The summed E-state index contributed by atoms with van der Waals surface area (Å²) in [5, 5.41) is 0. The number of aryl methyl sites for hydroxylation is 2. The topological polar surface area (TPSA) is 65.1 Å². The number of hydrogen-bond donors (Lipinski definition) is 2. The van der Waals surface area contributed by atoms with Crippen molar-refractivity contribution >= 4 is 0 Å². The third kappa shape index (κ3) is 3.92. The normalized spacial score (nSPS) is 15.0. The summed E-state index contributed by atoms with van der Waals surface area (Å²) in [4.78, 5) is 4.28. The van der Waals surface area contributed by atoms with Crippen molar-refractivity contribution in [3.8, 4) is 0 Å². The Morgan fingerprint density at radius 1 is 1.62 bits per heavy atom. The lowest BCUT2D eigenvalue weighted by Gasteiger charge is -2.19. The zero-order valence-electron chi connectivity index (χ0n) is 10.3. The van der Waals surface area contributed by atoms with Gasteiger partial charge in [0.15, 0.2) is 0 Å². The van der Waals surface area contributed by atoms with Gasteiger partial charge in [-0.1, -0.05) is 0 Å². The molecule has 0 aliphatic heterocycles. The third-order valence-electron chi connectivity index (χ3n) is 2.89. The summed E-state index contributed by atoms with van der Waals surface area (Å²) in [6, 6.07) is 0.270. The van der Waals surface area contributed by atoms with Crippen LogP contribution in [-0.4, -0.2) is 28.8 Å². The fraction of sp³-hybridized carbons (Fsp3) is 0.727. The molecule has 3 N–H and O–H groups in total. The van der Waals surface area contributed by atoms with Crippen LogP contribution in [0.5, 0.6) is 0 Å². The quantitative estimate of drug-likeness (QED) is 0.528. The first-order valence-corrected chi connectivity index (χ1v) is 5.62. The van der Waals surface area contributed by atoms with E-state index >= 15 is 0 Å². The lowest BCUT2D eigenvalue weighted by atomic mass is 10.1. The van der Waals surface area contributed by atoms with Gasteiger partial charge in [-0.05, 0) is 19.8 Å². The van der Waals surface area contributed by atoms with Gasteiger partial charge in [-0.15, -0.1) is 0 Å². The summed E-state index contributed by atoms with van der Waals surface area (Å²) in [5.74, 6) is 6.61. The average Bonchev–Trinajstić information content (AvgIpc) is 2.69. The molecule has 0 saturated carbocycles. The molecule has 1 aromatic heterocycles. The van der Waals surface area contributed by atoms with Crippen LogP contribution in [0.4, 0.5) is 0 Å². The Balaban J connectivity index is 2.37. The maximum absolute atomic E-state index is 5.52. The highest BCUT2D eigenvalue weighted by atomic mass is 16.5. The fourth-order valence-corrected chi connectivity index (χ4v) is 1.71. The number of imidazole rings is 1. The predicted octanol–water partition coefficient (Wildman–Crippen LogP) is 0.610. The lowest BCUT2D eigenvalue weighted by molar-refractivity contribution is 0.0992. The van der Waals surface area contributed by atoms with Gasteiger partial charge in [-0.3, -0.25) is 11.3 Å². The third-order valence-corrected chi connectivity index (χ3v) is 2.89. The van der Waals surface area contributed by atoms with Gasteiger partial charge in [0.05, 0.1) is 6.10 Å². The first-order chi connectivity index (χ1) is 7.67. The van der Waals surface area contributed by atoms with E-state index in [-0.39, 0.29) is 12.1 Å². The number of ether oxygens (including phenoxy) is 1. The standard InChI is InChI=1S/C11H22N4O/c1-9(16-3)8-10(14-12)4-5-11-13-6-7-15(11)2/h6-7,9-10,14H,4-5,8,12H2,1-3H3. The summed E-state index contributed by atoms with van der Waals surface area (Å²) >= 11 is 0. The molecule has 0 aliphatic rings. The van der Waals surface area contributed by atoms with Crippen molar-refractivity contribution in [1.82, 2.24) is 15.0 Å². The molecule has 2 unspecified atom stereocenters. The number of nitrogens with two attached hydrogens (primary N) is 1. The van der Waals surface area contributed by atoms with Crippen molar-refractivity contribution in [2.45, 2.75) is 38.3 Å². The molecule has 5 nitrogen and oxygen atoms in total. The van der Waals surface area contributed by atoms with Crippen LogP contribution >= 0.6 is 0 Å². The number of nitrogens with zero attached hydrogens (tertiary/aromatic N) is 2. The highest BCUT2D eigenvalue weighted by Crippen LogP contribution is 2.08. The zero-order chi connectivity index (χ0) is 12.0. The van der Waals surface area contributed by atoms with Crippen LogP contribution in [0.2, 0.25) is 0 Å². The molecular formula is C11H22N4O. The van der Waals surface area contributed by atoms with Gasteiger partial charge >= 0.3 is 0 Å². The lowest BCUT2D eigenvalue weighted by Crippen LogP contribution is -2.38. The second-order valence-electron chi connectivity index (χ2n) is 4.14.